The van der Waals surface area contributed by atoms with Crippen molar-refractivity contribution in [1.82, 2.24) is 19.6 Å². The molecule has 1 aromatic heterocycles. The molecule has 8 nitrogen and oxygen atoms in total. The lowest BCUT2D eigenvalue weighted by atomic mass is 9.84. The summed E-state index contributed by atoms with van der Waals surface area (Å²) in [5, 5.41) is 13.5. The van der Waals surface area contributed by atoms with Gasteiger partial charge in [0, 0.05) is 32.2 Å². The summed E-state index contributed by atoms with van der Waals surface area (Å²) in [6.07, 6.45) is -16.0. The highest BCUT2D eigenvalue weighted by Crippen LogP contribution is 2.41. The molecule has 14 heteroatoms. The lowest BCUT2D eigenvalue weighted by Crippen LogP contribution is -2.56. The van der Waals surface area contributed by atoms with Crippen molar-refractivity contribution in [3.63, 3.8) is 0 Å². The number of hydrogen-bond donors (Lipinski definition) is 0. The number of carbonyl (C=O) groups is 2. The van der Waals surface area contributed by atoms with Crippen molar-refractivity contribution < 1.29 is 40.7 Å². The zero-order valence-electron chi connectivity index (χ0n) is 17.8. The summed E-state index contributed by atoms with van der Waals surface area (Å²) in [4.78, 5) is 27.7. The summed E-state index contributed by atoms with van der Waals surface area (Å²) in [5.74, 6) is -0.433. The second kappa shape index (κ2) is 8.42. The van der Waals surface area contributed by atoms with E-state index in [9.17, 15) is 41.2 Å². The Hall–Kier alpha value is -2.98. The van der Waals surface area contributed by atoms with Crippen molar-refractivity contribution >= 4 is 12.0 Å². The smallest absolute Gasteiger partial charge is 0.426 e. The third-order valence-electron chi connectivity index (χ3n) is 6.14. The summed E-state index contributed by atoms with van der Waals surface area (Å²) >= 11 is 0. The molecule has 1 aromatic rings. The summed E-state index contributed by atoms with van der Waals surface area (Å²) in [6, 6.07) is 1.96. The van der Waals surface area contributed by atoms with Gasteiger partial charge in [-0.15, -0.1) is 0 Å². The molecular formula is C19H21F6N5O3. The molecule has 2 amide bonds. The number of aromatic nitrogens is 2. The quantitative estimate of drug-likeness (QED) is 0.605. The number of amides is 2. The van der Waals surface area contributed by atoms with E-state index in [1.165, 1.54) is 11.7 Å². The second-order valence-electron chi connectivity index (χ2n) is 8.16. The minimum Gasteiger partial charge on any atom is -0.426 e. The van der Waals surface area contributed by atoms with E-state index in [1.54, 1.807) is 11.8 Å². The van der Waals surface area contributed by atoms with Crippen LogP contribution in [0, 0.1) is 18.3 Å². The van der Waals surface area contributed by atoms with E-state index in [0.717, 1.165) is 4.90 Å². The van der Waals surface area contributed by atoms with Gasteiger partial charge in [0.05, 0.1) is 5.69 Å². The van der Waals surface area contributed by atoms with Crippen molar-refractivity contribution in [2.24, 2.45) is 7.05 Å². The fraction of sp³-hybridized carbons (Fsp3) is 0.684. The number of rotatable bonds is 2. The van der Waals surface area contributed by atoms with Crippen LogP contribution in [0.2, 0.25) is 0 Å². The van der Waals surface area contributed by atoms with Crippen LogP contribution in [0.15, 0.2) is 0 Å². The van der Waals surface area contributed by atoms with Crippen molar-refractivity contribution in [2.45, 2.75) is 56.6 Å². The fourth-order valence-corrected chi connectivity index (χ4v) is 4.54. The molecule has 0 bridgehead atoms. The molecule has 182 valence electrons. The average molecular weight is 481 g/mol. The maximum Gasteiger partial charge on any atom is 0.434 e. The molecule has 2 aliphatic heterocycles. The van der Waals surface area contributed by atoms with Gasteiger partial charge in [0.15, 0.2) is 0 Å². The number of likely N-dealkylation sites (tertiary alicyclic amines) is 2. The van der Waals surface area contributed by atoms with E-state index in [0.29, 0.717) is 25.1 Å². The van der Waals surface area contributed by atoms with E-state index in [1.807, 2.05) is 6.07 Å². The zero-order chi connectivity index (χ0) is 24.8. The number of alkyl halides is 6. The first-order valence-electron chi connectivity index (χ1n) is 10.1. The van der Waals surface area contributed by atoms with Crippen LogP contribution in [0.5, 0.6) is 0 Å². The van der Waals surface area contributed by atoms with Gasteiger partial charge in [-0.3, -0.25) is 9.48 Å². The Bertz CT molecular complexity index is 958. The summed E-state index contributed by atoms with van der Waals surface area (Å²) in [6.45, 7) is 1.60. The first-order valence-corrected chi connectivity index (χ1v) is 10.1. The normalized spacial score (nSPS) is 18.7. The fourth-order valence-electron chi connectivity index (χ4n) is 4.54. The molecule has 1 spiro atoms. The molecule has 2 aliphatic rings. The van der Waals surface area contributed by atoms with Gasteiger partial charge in [0.2, 0.25) is 0 Å². The van der Waals surface area contributed by atoms with Crippen molar-refractivity contribution in [2.75, 3.05) is 19.6 Å². The van der Waals surface area contributed by atoms with E-state index in [2.05, 4.69) is 9.84 Å². The summed E-state index contributed by atoms with van der Waals surface area (Å²) in [5.41, 5.74) is -0.100. The van der Waals surface area contributed by atoms with E-state index < -0.39 is 36.0 Å². The molecule has 0 N–H and O–H groups in total. The second-order valence-corrected chi connectivity index (χ2v) is 8.16. The number of ether oxygens (including phenoxy) is 1. The number of aryl methyl sites for hydroxylation is 2. The van der Waals surface area contributed by atoms with Gasteiger partial charge in [0.1, 0.15) is 17.3 Å². The number of hydrogen-bond acceptors (Lipinski definition) is 5. The van der Waals surface area contributed by atoms with Gasteiger partial charge in [-0.2, -0.15) is 36.7 Å². The Balaban J connectivity index is 1.73. The van der Waals surface area contributed by atoms with Gasteiger partial charge >= 0.3 is 18.4 Å². The molecule has 33 heavy (non-hydrogen) atoms. The van der Waals surface area contributed by atoms with Crippen LogP contribution < -0.4 is 0 Å². The molecule has 2 saturated heterocycles. The minimum atomic E-state index is -5.79. The Kier molecular flexibility index (Phi) is 6.29. The molecule has 0 saturated carbocycles. The standard InChI is InChI=1S/C19H21F6N5O3/c1-11-12(10-26)13(28(2)27-11)14(31)30-7-3-4-17(30)5-8-29(9-6-17)16(32)33-15(18(20,21)22)19(23,24)25/h15H,3-9H2,1-2H3. The monoisotopic (exact) mass is 481 g/mol. The maximum absolute atomic E-state index is 13.3. The Labute approximate surface area is 184 Å². The molecule has 0 aromatic carbocycles. The van der Waals surface area contributed by atoms with Crippen LogP contribution in [-0.4, -0.2) is 75.2 Å². The Morgan fingerprint density at radius 2 is 1.67 bits per heavy atom. The lowest BCUT2D eigenvalue weighted by molar-refractivity contribution is -0.308. The van der Waals surface area contributed by atoms with Crippen LogP contribution in [0.1, 0.15) is 47.4 Å². The number of halogens is 6. The van der Waals surface area contributed by atoms with E-state index in [-0.39, 0.29) is 37.2 Å². The van der Waals surface area contributed by atoms with Gasteiger partial charge in [-0.05, 0) is 32.6 Å². The lowest BCUT2D eigenvalue weighted by Gasteiger charge is -2.44. The van der Waals surface area contributed by atoms with Crippen LogP contribution >= 0.6 is 0 Å². The first-order chi connectivity index (χ1) is 15.2. The molecular weight excluding hydrogens is 460 g/mol. The number of piperidine rings is 1. The van der Waals surface area contributed by atoms with Crippen LogP contribution in [-0.2, 0) is 11.8 Å². The van der Waals surface area contributed by atoms with Gasteiger partial charge in [-0.25, -0.2) is 4.79 Å². The predicted octanol–water partition coefficient (Wildman–Crippen LogP) is 3.30. The zero-order valence-corrected chi connectivity index (χ0v) is 17.8. The van der Waals surface area contributed by atoms with E-state index >= 15 is 0 Å². The number of carbonyl (C=O) groups excluding carboxylic acids is 2. The average Bonchev–Trinajstić information content (AvgIpc) is 3.23. The summed E-state index contributed by atoms with van der Waals surface area (Å²) < 4.78 is 81.2. The highest BCUT2D eigenvalue weighted by Gasteiger charge is 2.60. The van der Waals surface area contributed by atoms with Gasteiger partial charge in [0.25, 0.3) is 12.0 Å². The third-order valence-corrected chi connectivity index (χ3v) is 6.14. The highest BCUT2D eigenvalue weighted by molar-refractivity contribution is 5.96. The maximum atomic E-state index is 13.3. The van der Waals surface area contributed by atoms with E-state index in [4.69, 9.17) is 0 Å². The van der Waals surface area contributed by atoms with Crippen molar-refractivity contribution in [3.8, 4) is 6.07 Å². The number of nitriles is 1. The first kappa shape index (κ1) is 24.7. The third kappa shape index (κ3) is 4.58. The molecule has 0 unspecified atom stereocenters. The predicted molar refractivity (Wildman–Crippen MR) is 98.8 cm³/mol. The summed E-state index contributed by atoms with van der Waals surface area (Å²) in [7, 11) is 1.53. The molecule has 0 radical (unpaired) electrons. The van der Waals surface area contributed by atoms with Crippen LogP contribution in [0.4, 0.5) is 31.1 Å². The van der Waals surface area contributed by atoms with Crippen LogP contribution in [0.3, 0.4) is 0 Å². The molecule has 3 rings (SSSR count). The van der Waals surface area contributed by atoms with Gasteiger partial charge < -0.3 is 14.5 Å². The Morgan fingerprint density at radius 1 is 1.09 bits per heavy atom. The highest BCUT2D eigenvalue weighted by atomic mass is 19.4. The Morgan fingerprint density at radius 3 is 2.18 bits per heavy atom. The SMILES string of the molecule is Cc1nn(C)c(C(=O)N2CCCC23CCN(C(=O)OC(C(F)(F)F)C(F)(F)F)CC3)c1C#N. The number of nitrogens with zero attached hydrogens (tertiary/aromatic N) is 5. The van der Waals surface area contributed by atoms with Crippen molar-refractivity contribution in [1.29, 1.82) is 5.26 Å². The molecule has 3 heterocycles. The molecule has 0 atom stereocenters. The largest absolute Gasteiger partial charge is 0.434 e. The topological polar surface area (TPSA) is 91.5 Å². The van der Waals surface area contributed by atoms with Crippen LogP contribution in [0.25, 0.3) is 0 Å². The molecule has 0 aliphatic carbocycles. The van der Waals surface area contributed by atoms with Crippen molar-refractivity contribution in [3.05, 3.63) is 17.0 Å². The van der Waals surface area contributed by atoms with Gasteiger partial charge in [-0.1, -0.05) is 0 Å². The molecule has 2 fully saturated rings. The minimum absolute atomic E-state index is 0.108.